The van der Waals surface area contributed by atoms with Gasteiger partial charge in [0.2, 0.25) is 0 Å². The SMILES string of the molecule is C/C(=N\NC(=S)NC1CCOCC1)c1ccccn1.C/C(=N\NC(=S)NC1CCOCC1)c1ccccn1.[Mn+2]. The Morgan fingerprint density at radius 3 is 1.44 bits per heavy atom. The van der Waals surface area contributed by atoms with E-state index in [-0.39, 0.29) is 17.1 Å². The van der Waals surface area contributed by atoms with E-state index >= 15 is 0 Å². The van der Waals surface area contributed by atoms with Crippen LogP contribution in [-0.4, -0.2) is 70.1 Å². The van der Waals surface area contributed by atoms with Crippen LogP contribution in [0.3, 0.4) is 0 Å². The van der Waals surface area contributed by atoms with Crippen molar-refractivity contribution in [1.29, 1.82) is 0 Å². The molecule has 2 aliphatic rings. The minimum Gasteiger partial charge on any atom is -0.381 e. The fourth-order valence-electron chi connectivity index (χ4n) is 3.66. The first kappa shape index (κ1) is 32.7. The molecule has 0 aromatic carbocycles. The second-order valence-electron chi connectivity index (χ2n) is 8.77. The number of thiocarbonyl (C=S) groups is 2. The van der Waals surface area contributed by atoms with Crippen LogP contribution >= 0.6 is 24.4 Å². The summed E-state index contributed by atoms with van der Waals surface area (Å²) in [5, 5.41) is 16.0. The van der Waals surface area contributed by atoms with Crippen molar-refractivity contribution in [2.24, 2.45) is 10.2 Å². The van der Waals surface area contributed by atoms with Gasteiger partial charge < -0.3 is 20.1 Å². The summed E-state index contributed by atoms with van der Waals surface area (Å²) in [6.07, 6.45) is 7.39. The molecule has 0 atom stereocenters. The number of hydrogen-bond donors (Lipinski definition) is 4. The molecule has 0 saturated carbocycles. The van der Waals surface area contributed by atoms with Crippen LogP contribution in [0.2, 0.25) is 0 Å². The quantitative estimate of drug-likeness (QED) is 0.168. The van der Waals surface area contributed by atoms with E-state index in [1.165, 1.54) is 0 Å². The van der Waals surface area contributed by atoms with Crippen LogP contribution in [0.5, 0.6) is 0 Å². The average molecular weight is 612 g/mol. The molecule has 10 nitrogen and oxygen atoms in total. The number of nitrogens with one attached hydrogen (secondary N) is 4. The standard InChI is InChI=1S/2C13H18N4OS.Mn/c2*1-10(12-4-2-3-7-14-12)16-17-13(19)15-11-5-8-18-9-6-11;/h2*2-4,7,11H,5-6,8-9H2,1H3,(H2,15,17,19);/q;;+2/b2*16-10+;. The smallest absolute Gasteiger partial charge is 0.381 e. The van der Waals surface area contributed by atoms with Crippen molar-refractivity contribution in [3.8, 4) is 0 Å². The van der Waals surface area contributed by atoms with Crippen molar-refractivity contribution in [2.75, 3.05) is 26.4 Å². The van der Waals surface area contributed by atoms with E-state index in [0.717, 1.165) is 74.9 Å². The minimum absolute atomic E-state index is 0. The first-order valence-corrected chi connectivity index (χ1v) is 13.5. The maximum Gasteiger partial charge on any atom is 2.00 e. The van der Waals surface area contributed by atoms with Crippen LogP contribution in [0.4, 0.5) is 0 Å². The number of nitrogens with zero attached hydrogens (tertiary/aromatic N) is 4. The Morgan fingerprint density at radius 1 is 0.718 bits per heavy atom. The van der Waals surface area contributed by atoms with Gasteiger partial charge in [-0.1, -0.05) is 12.1 Å². The topological polar surface area (TPSA) is 117 Å². The molecule has 2 saturated heterocycles. The van der Waals surface area contributed by atoms with Gasteiger partial charge in [0.25, 0.3) is 0 Å². The van der Waals surface area contributed by atoms with Crippen LogP contribution in [0.15, 0.2) is 59.0 Å². The molecule has 4 N–H and O–H groups in total. The molecule has 0 aliphatic carbocycles. The average Bonchev–Trinajstić information content (AvgIpc) is 2.97. The van der Waals surface area contributed by atoms with Crippen LogP contribution in [-0.2, 0) is 26.5 Å². The number of ether oxygens (including phenoxy) is 2. The van der Waals surface area contributed by atoms with Crippen molar-refractivity contribution in [2.45, 2.75) is 51.6 Å². The Balaban J connectivity index is 0.000000267. The molecule has 13 heteroatoms. The van der Waals surface area contributed by atoms with E-state index in [9.17, 15) is 0 Å². The number of hydrazone groups is 2. The van der Waals surface area contributed by atoms with Crippen molar-refractivity contribution >= 4 is 46.1 Å². The number of hydrogen-bond acceptors (Lipinski definition) is 8. The van der Waals surface area contributed by atoms with Gasteiger partial charge in [0.15, 0.2) is 10.2 Å². The molecular formula is C26H36MnN8O2S2+2. The molecular weight excluding hydrogens is 575 g/mol. The van der Waals surface area contributed by atoms with Crippen molar-refractivity contribution < 1.29 is 26.5 Å². The van der Waals surface area contributed by atoms with E-state index in [2.05, 4.69) is 41.7 Å². The van der Waals surface area contributed by atoms with Gasteiger partial charge in [-0.15, -0.1) is 0 Å². The Labute approximate surface area is 251 Å². The van der Waals surface area contributed by atoms with E-state index in [1.807, 2.05) is 50.2 Å². The summed E-state index contributed by atoms with van der Waals surface area (Å²) in [4.78, 5) is 8.44. The normalized spacial score (nSPS) is 16.6. The maximum absolute atomic E-state index is 5.30. The first-order valence-electron chi connectivity index (χ1n) is 12.7. The molecule has 0 bridgehead atoms. The van der Waals surface area contributed by atoms with Gasteiger partial charge in [-0.3, -0.25) is 20.8 Å². The van der Waals surface area contributed by atoms with Gasteiger partial charge >= 0.3 is 17.1 Å². The third kappa shape index (κ3) is 12.9. The van der Waals surface area contributed by atoms with E-state index in [0.29, 0.717) is 22.3 Å². The summed E-state index contributed by atoms with van der Waals surface area (Å²) in [7, 11) is 0. The second kappa shape index (κ2) is 18.7. The number of pyridine rings is 2. The van der Waals surface area contributed by atoms with Gasteiger partial charge in [-0.05, 0) is 88.2 Å². The molecule has 2 fully saturated rings. The third-order valence-electron chi connectivity index (χ3n) is 5.83. The fourth-order valence-corrected chi connectivity index (χ4v) is 4.08. The summed E-state index contributed by atoms with van der Waals surface area (Å²) in [6.45, 7) is 6.94. The third-order valence-corrected chi connectivity index (χ3v) is 6.25. The Hall–Kier alpha value is -2.54. The Morgan fingerprint density at radius 2 is 1.10 bits per heavy atom. The number of aromatic nitrogens is 2. The second-order valence-corrected chi connectivity index (χ2v) is 9.58. The van der Waals surface area contributed by atoms with Crippen molar-refractivity contribution in [1.82, 2.24) is 31.5 Å². The molecule has 2 aromatic heterocycles. The Bertz CT molecular complexity index is 979. The zero-order valence-electron chi connectivity index (χ0n) is 22.2. The first-order chi connectivity index (χ1) is 18.5. The molecule has 1 radical (unpaired) electrons. The van der Waals surface area contributed by atoms with Gasteiger partial charge in [0.05, 0.1) is 22.8 Å². The number of rotatable bonds is 6. The fraction of sp³-hybridized carbons (Fsp3) is 0.462. The maximum atomic E-state index is 5.30. The summed E-state index contributed by atoms with van der Waals surface area (Å²) >= 11 is 10.4. The van der Waals surface area contributed by atoms with Crippen molar-refractivity contribution in [3.63, 3.8) is 0 Å². The molecule has 39 heavy (non-hydrogen) atoms. The predicted octanol–water partition coefficient (Wildman–Crippen LogP) is 2.89. The molecule has 0 spiro atoms. The van der Waals surface area contributed by atoms with E-state index < -0.39 is 0 Å². The van der Waals surface area contributed by atoms with Gasteiger partial charge in [0, 0.05) is 50.9 Å². The summed E-state index contributed by atoms with van der Waals surface area (Å²) in [5.74, 6) is 0. The molecule has 4 heterocycles. The largest absolute Gasteiger partial charge is 2.00 e. The molecule has 4 rings (SSSR count). The molecule has 209 valence electrons. The molecule has 2 aromatic rings. The summed E-state index contributed by atoms with van der Waals surface area (Å²) < 4.78 is 10.6. The van der Waals surface area contributed by atoms with Crippen molar-refractivity contribution in [3.05, 3.63) is 60.2 Å². The molecule has 2 aliphatic heterocycles. The predicted molar refractivity (Wildman–Crippen MR) is 158 cm³/mol. The minimum atomic E-state index is 0. The zero-order valence-corrected chi connectivity index (χ0v) is 25.0. The van der Waals surface area contributed by atoms with Gasteiger partial charge in [-0.25, -0.2) is 0 Å². The van der Waals surface area contributed by atoms with Crippen LogP contribution in [0, 0.1) is 0 Å². The van der Waals surface area contributed by atoms with Gasteiger partial charge in [0.1, 0.15) is 0 Å². The Kier molecular flexibility index (Phi) is 15.7. The zero-order chi connectivity index (χ0) is 27.0. The summed E-state index contributed by atoms with van der Waals surface area (Å²) in [5.41, 5.74) is 8.99. The molecule has 0 unspecified atom stereocenters. The molecule has 0 amide bonds. The summed E-state index contributed by atoms with van der Waals surface area (Å²) in [6, 6.07) is 12.2. The van der Waals surface area contributed by atoms with Crippen LogP contribution in [0.25, 0.3) is 0 Å². The van der Waals surface area contributed by atoms with E-state index in [4.69, 9.17) is 33.9 Å². The van der Waals surface area contributed by atoms with Crippen LogP contribution in [0.1, 0.15) is 50.9 Å². The van der Waals surface area contributed by atoms with E-state index in [1.54, 1.807) is 12.4 Å². The monoisotopic (exact) mass is 611 g/mol. The van der Waals surface area contributed by atoms with Gasteiger partial charge in [-0.2, -0.15) is 10.2 Å². The van der Waals surface area contributed by atoms with Crippen LogP contribution < -0.4 is 21.5 Å².